The lowest BCUT2D eigenvalue weighted by atomic mass is 9.71. The number of benzene rings is 4. The molecule has 198 valence electrons. The van der Waals surface area contributed by atoms with Gasteiger partial charge in [0, 0.05) is 29.2 Å². The van der Waals surface area contributed by atoms with E-state index in [-0.39, 0.29) is 16.4 Å². The Kier molecular flexibility index (Phi) is 5.87. The Morgan fingerprint density at radius 3 is 1.97 bits per heavy atom. The molecule has 3 nitrogen and oxygen atoms in total. The third-order valence-corrected chi connectivity index (χ3v) is 8.51. The quantitative estimate of drug-likeness (QED) is 0.256. The zero-order chi connectivity index (χ0) is 27.7. The third-order valence-electron chi connectivity index (χ3n) is 8.51. The predicted molar refractivity (Wildman–Crippen MR) is 164 cm³/mol. The first-order valence-corrected chi connectivity index (χ1v) is 13.9. The predicted octanol–water partition coefficient (Wildman–Crippen LogP) is 8.26. The van der Waals surface area contributed by atoms with Gasteiger partial charge in [0.2, 0.25) is 0 Å². The maximum atomic E-state index is 6.26. The standard InChI is InChI=1S/C35H38BNO2/c1-33(2,3)39-36(38-8)23-18-19-25-26-21-30-32(22-29(26)35(6,7)28(25)20-23)37(24-14-10-9-11-15-24)31-17-13-12-16-27(31)34(30,4)5/h9-22H,1-8H3. The molecule has 0 saturated heterocycles. The summed E-state index contributed by atoms with van der Waals surface area (Å²) in [7, 11) is 1.31. The minimum absolute atomic E-state index is 0.138. The first-order chi connectivity index (χ1) is 18.4. The maximum absolute atomic E-state index is 6.26. The summed E-state index contributed by atoms with van der Waals surface area (Å²) < 4.78 is 12.1. The lowest BCUT2D eigenvalue weighted by molar-refractivity contribution is 0.0982. The molecule has 0 spiro atoms. The van der Waals surface area contributed by atoms with Crippen molar-refractivity contribution >= 4 is 29.6 Å². The summed E-state index contributed by atoms with van der Waals surface area (Å²) in [5.41, 5.74) is 12.1. The molecular weight excluding hydrogens is 477 g/mol. The van der Waals surface area contributed by atoms with Crippen molar-refractivity contribution in [1.82, 2.24) is 0 Å². The summed E-state index contributed by atoms with van der Waals surface area (Å²) in [6, 6.07) is 31.2. The summed E-state index contributed by atoms with van der Waals surface area (Å²) in [4.78, 5) is 2.44. The Morgan fingerprint density at radius 2 is 1.28 bits per heavy atom. The van der Waals surface area contributed by atoms with E-state index in [1.807, 2.05) is 0 Å². The first kappa shape index (κ1) is 25.9. The average Bonchev–Trinajstić information content (AvgIpc) is 3.12. The van der Waals surface area contributed by atoms with Crippen LogP contribution in [0.3, 0.4) is 0 Å². The molecule has 6 rings (SSSR count). The van der Waals surface area contributed by atoms with E-state index in [0.29, 0.717) is 0 Å². The van der Waals surface area contributed by atoms with Gasteiger partial charge in [0.25, 0.3) is 0 Å². The second-order valence-electron chi connectivity index (χ2n) is 13.0. The van der Waals surface area contributed by atoms with Crippen LogP contribution in [-0.4, -0.2) is 19.8 Å². The van der Waals surface area contributed by atoms with E-state index in [1.165, 1.54) is 50.4 Å². The van der Waals surface area contributed by atoms with Gasteiger partial charge in [-0.2, -0.15) is 0 Å². The fourth-order valence-corrected chi connectivity index (χ4v) is 6.52. The highest BCUT2D eigenvalue weighted by Gasteiger charge is 2.42. The number of hydrogen-bond acceptors (Lipinski definition) is 3. The van der Waals surface area contributed by atoms with Crippen molar-refractivity contribution in [3.05, 3.63) is 107 Å². The van der Waals surface area contributed by atoms with Gasteiger partial charge >= 0.3 is 7.12 Å². The first-order valence-electron chi connectivity index (χ1n) is 13.9. The second kappa shape index (κ2) is 8.84. The van der Waals surface area contributed by atoms with E-state index < -0.39 is 7.12 Å². The molecule has 0 fully saturated rings. The van der Waals surface area contributed by atoms with Crippen molar-refractivity contribution < 1.29 is 9.31 Å². The van der Waals surface area contributed by atoms with Gasteiger partial charge < -0.3 is 14.2 Å². The van der Waals surface area contributed by atoms with Crippen LogP contribution in [0.4, 0.5) is 17.1 Å². The van der Waals surface area contributed by atoms with Crippen LogP contribution in [0.15, 0.2) is 84.9 Å². The Bertz CT molecular complexity index is 1570. The molecule has 0 saturated carbocycles. The van der Waals surface area contributed by atoms with Crippen LogP contribution in [0, 0.1) is 0 Å². The maximum Gasteiger partial charge on any atom is 0.494 e. The molecule has 2 aliphatic rings. The van der Waals surface area contributed by atoms with Gasteiger partial charge in [0.05, 0.1) is 11.4 Å². The smallest absolute Gasteiger partial charge is 0.410 e. The lowest BCUT2D eigenvalue weighted by Gasteiger charge is -2.42. The van der Waals surface area contributed by atoms with Crippen molar-refractivity contribution in [2.24, 2.45) is 0 Å². The summed E-state index contributed by atoms with van der Waals surface area (Å²) in [6.07, 6.45) is 0. The van der Waals surface area contributed by atoms with Gasteiger partial charge in [-0.3, -0.25) is 0 Å². The summed E-state index contributed by atoms with van der Waals surface area (Å²) in [5, 5.41) is 0. The molecule has 1 heterocycles. The van der Waals surface area contributed by atoms with Crippen molar-refractivity contribution in [1.29, 1.82) is 0 Å². The molecule has 0 unspecified atom stereocenters. The minimum Gasteiger partial charge on any atom is -0.410 e. The molecule has 4 aromatic carbocycles. The molecule has 0 radical (unpaired) electrons. The Labute approximate surface area is 233 Å². The van der Waals surface area contributed by atoms with E-state index >= 15 is 0 Å². The Morgan fingerprint density at radius 1 is 0.641 bits per heavy atom. The van der Waals surface area contributed by atoms with Gasteiger partial charge in [0.15, 0.2) is 0 Å². The number of para-hydroxylation sites is 2. The number of rotatable bonds is 4. The zero-order valence-electron chi connectivity index (χ0n) is 24.4. The lowest BCUT2D eigenvalue weighted by Crippen LogP contribution is -2.42. The van der Waals surface area contributed by atoms with Crippen LogP contribution < -0.4 is 10.4 Å². The van der Waals surface area contributed by atoms with Crippen LogP contribution in [0.2, 0.25) is 0 Å². The molecule has 4 aromatic rings. The van der Waals surface area contributed by atoms with Crippen LogP contribution in [0.5, 0.6) is 0 Å². The molecule has 0 atom stereocenters. The fraction of sp³-hybridized carbons (Fsp3) is 0.314. The highest BCUT2D eigenvalue weighted by atomic mass is 16.6. The topological polar surface area (TPSA) is 21.7 Å². The molecule has 0 amide bonds. The molecule has 39 heavy (non-hydrogen) atoms. The van der Waals surface area contributed by atoms with E-state index in [9.17, 15) is 0 Å². The molecule has 1 aliphatic carbocycles. The largest absolute Gasteiger partial charge is 0.494 e. The molecular formula is C35H38BNO2. The summed E-state index contributed by atoms with van der Waals surface area (Å²) in [5.74, 6) is 0. The summed E-state index contributed by atoms with van der Waals surface area (Å²) in [6.45, 7) is 15.6. The van der Waals surface area contributed by atoms with Crippen molar-refractivity contribution in [2.45, 2.75) is 64.9 Å². The number of fused-ring (bicyclic) bond motifs is 5. The van der Waals surface area contributed by atoms with Gasteiger partial charge in [0.1, 0.15) is 0 Å². The number of hydrogen-bond donors (Lipinski definition) is 0. The normalized spacial score (nSPS) is 16.3. The molecule has 0 N–H and O–H groups in total. The van der Waals surface area contributed by atoms with Crippen molar-refractivity contribution in [3.8, 4) is 11.1 Å². The van der Waals surface area contributed by atoms with Crippen molar-refractivity contribution in [3.63, 3.8) is 0 Å². The minimum atomic E-state index is -0.412. The molecule has 1 aliphatic heterocycles. The Hall–Kier alpha value is -3.34. The molecule has 0 aromatic heterocycles. The Balaban J connectivity index is 1.55. The second-order valence-corrected chi connectivity index (χ2v) is 13.0. The zero-order valence-corrected chi connectivity index (χ0v) is 24.4. The van der Waals surface area contributed by atoms with E-state index in [0.717, 1.165) is 5.46 Å². The van der Waals surface area contributed by atoms with E-state index in [4.69, 9.17) is 9.31 Å². The van der Waals surface area contributed by atoms with Gasteiger partial charge in [-0.25, -0.2) is 0 Å². The average molecular weight is 516 g/mol. The van der Waals surface area contributed by atoms with Crippen molar-refractivity contribution in [2.75, 3.05) is 12.0 Å². The fourth-order valence-electron chi connectivity index (χ4n) is 6.52. The SMILES string of the molecule is COB(OC(C)(C)C)c1ccc2c(c1)C(C)(C)c1cc3c(cc1-2)C(C)(C)c1ccccc1N3c1ccccc1. The molecule has 0 bridgehead atoms. The number of anilines is 3. The number of nitrogens with zero attached hydrogens (tertiary/aromatic N) is 1. The highest BCUT2D eigenvalue weighted by Crippen LogP contribution is 2.57. The van der Waals surface area contributed by atoms with Crippen LogP contribution >= 0.6 is 0 Å². The van der Waals surface area contributed by atoms with Crippen LogP contribution in [0.1, 0.15) is 70.7 Å². The molecule has 4 heteroatoms. The van der Waals surface area contributed by atoms with Gasteiger partial charge in [-0.05, 0) is 89.9 Å². The monoisotopic (exact) mass is 515 g/mol. The van der Waals surface area contributed by atoms with Crippen LogP contribution in [-0.2, 0) is 20.1 Å². The van der Waals surface area contributed by atoms with Gasteiger partial charge in [-0.1, -0.05) is 82.3 Å². The summed E-state index contributed by atoms with van der Waals surface area (Å²) >= 11 is 0. The van der Waals surface area contributed by atoms with Crippen LogP contribution in [0.25, 0.3) is 11.1 Å². The van der Waals surface area contributed by atoms with E-state index in [2.05, 4.69) is 138 Å². The van der Waals surface area contributed by atoms with Gasteiger partial charge in [-0.15, -0.1) is 0 Å². The third kappa shape index (κ3) is 4.04. The highest BCUT2D eigenvalue weighted by molar-refractivity contribution is 6.61. The van der Waals surface area contributed by atoms with E-state index in [1.54, 1.807) is 7.11 Å².